The summed E-state index contributed by atoms with van der Waals surface area (Å²) in [6.45, 7) is 0.665. The molecule has 3 aromatic carbocycles. The van der Waals surface area contributed by atoms with Gasteiger partial charge in [0.25, 0.3) is 0 Å². The third-order valence-electron chi connectivity index (χ3n) is 5.03. The highest BCUT2D eigenvalue weighted by molar-refractivity contribution is 6.42. The highest BCUT2D eigenvalue weighted by Gasteiger charge is 2.25. The number of benzene rings is 3. The van der Waals surface area contributed by atoms with Crippen molar-refractivity contribution in [1.29, 1.82) is 0 Å². The molecule has 1 atom stereocenters. The summed E-state index contributed by atoms with van der Waals surface area (Å²) >= 11 is 18.3. The molecule has 27 heavy (non-hydrogen) atoms. The lowest BCUT2D eigenvalue weighted by molar-refractivity contribution is 0.720. The van der Waals surface area contributed by atoms with Gasteiger partial charge in [0, 0.05) is 16.7 Å². The van der Waals surface area contributed by atoms with E-state index in [1.165, 1.54) is 16.7 Å². The van der Waals surface area contributed by atoms with Gasteiger partial charge in [-0.3, -0.25) is 4.99 Å². The van der Waals surface area contributed by atoms with Crippen LogP contribution in [0.25, 0.3) is 0 Å². The minimum atomic E-state index is 0.311. The molecule has 0 heterocycles. The molecule has 0 N–H and O–H groups in total. The molecule has 0 saturated carbocycles. The first-order valence-corrected chi connectivity index (χ1v) is 10.1. The standard InChI is InChI=1S/C23H18Cl3N/c24-17-8-5-15(6-9-17)14-27-23-12-10-18(19-3-1-2-4-20(19)23)16-7-11-21(25)22(26)13-16/h1-9,11,13,18H,10,12,14H2. The summed E-state index contributed by atoms with van der Waals surface area (Å²) in [6, 6.07) is 22.3. The lowest BCUT2D eigenvalue weighted by Gasteiger charge is -2.27. The summed E-state index contributed by atoms with van der Waals surface area (Å²) in [5.74, 6) is 0.311. The molecule has 0 amide bonds. The van der Waals surface area contributed by atoms with Crippen LogP contribution in [0.2, 0.25) is 15.1 Å². The molecule has 1 aliphatic carbocycles. The van der Waals surface area contributed by atoms with E-state index >= 15 is 0 Å². The van der Waals surface area contributed by atoms with Crippen LogP contribution in [0.1, 0.15) is 41.0 Å². The summed E-state index contributed by atoms with van der Waals surface area (Å²) in [7, 11) is 0. The van der Waals surface area contributed by atoms with Crippen LogP contribution in [0.4, 0.5) is 0 Å². The maximum absolute atomic E-state index is 6.25. The largest absolute Gasteiger partial charge is 0.284 e. The molecule has 0 spiro atoms. The summed E-state index contributed by atoms with van der Waals surface area (Å²) in [6.07, 6.45) is 1.95. The topological polar surface area (TPSA) is 12.4 Å². The van der Waals surface area contributed by atoms with Crippen LogP contribution in [0, 0.1) is 0 Å². The van der Waals surface area contributed by atoms with Gasteiger partial charge in [-0.05, 0) is 59.4 Å². The van der Waals surface area contributed by atoms with Gasteiger partial charge in [-0.25, -0.2) is 0 Å². The number of hydrogen-bond donors (Lipinski definition) is 0. The molecule has 0 bridgehead atoms. The zero-order chi connectivity index (χ0) is 18.8. The minimum absolute atomic E-state index is 0.311. The van der Waals surface area contributed by atoms with Crippen molar-refractivity contribution in [2.45, 2.75) is 25.3 Å². The van der Waals surface area contributed by atoms with E-state index in [2.05, 4.69) is 30.3 Å². The lowest BCUT2D eigenvalue weighted by atomic mass is 9.78. The van der Waals surface area contributed by atoms with E-state index in [0.717, 1.165) is 29.1 Å². The summed E-state index contributed by atoms with van der Waals surface area (Å²) in [4.78, 5) is 4.91. The van der Waals surface area contributed by atoms with Crippen LogP contribution < -0.4 is 0 Å². The third-order valence-corrected chi connectivity index (χ3v) is 6.02. The number of nitrogens with zero attached hydrogens (tertiary/aromatic N) is 1. The van der Waals surface area contributed by atoms with Gasteiger partial charge in [0.1, 0.15) is 0 Å². The Hall–Kier alpha value is -1.80. The van der Waals surface area contributed by atoms with Crippen LogP contribution in [0.15, 0.2) is 71.7 Å². The average molecular weight is 415 g/mol. The van der Waals surface area contributed by atoms with Crippen molar-refractivity contribution in [2.75, 3.05) is 0 Å². The Morgan fingerprint density at radius 3 is 2.41 bits per heavy atom. The molecule has 3 aromatic rings. The number of aliphatic imine (C=N–C) groups is 1. The molecular formula is C23H18Cl3N. The fraction of sp³-hybridized carbons (Fsp3) is 0.174. The molecule has 0 radical (unpaired) electrons. The van der Waals surface area contributed by atoms with Gasteiger partial charge in [-0.2, -0.15) is 0 Å². The molecule has 1 unspecified atom stereocenters. The van der Waals surface area contributed by atoms with Gasteiger partial charge in [0.15, 0.2) is 0 Å². The van der Waals surface area contributed by atoms with Gasteiger partial charge in [-0.15, -0.1) is 0 Å². The first-order valence-electron chi connectivity index (χ1n) is 8.94. The van der Waals surface area contributed by atoms with Crippen LogP contribution in [0.3, 0.4) is 0 Å². The van der Waals surface area contributed by atoms with E-state index in [4.69, 9.17) is 39.8 Å². The molecule has 1 nitrogen and oxygen atoms in total. The molecule has 4 rings (SSSR count). The first-order chi connectivity index (χ1) is 13.1. The second kappa shape index (κ2) is 8.06. The van der Waals surface area contributed by atoms with Gasteiger partial charge in [0.2, 0.25) is 0 Å². The van der Waals surface area contributed by atoms with Crippen LogP contribution in [-0.2, 0) is 6.54 Å². The predicted molar refractivity (Wildman–Crippen MR) is 116 cm³/mol. The second-order valence-corrected chi connectivity index (χ2v) is 7.99. The van der Waals surface area contributed by atoms with Crippen molar-refractivity contribution >= 4 is 40.5 Å². The van der Waals surface area contributed by atoms with Crippen molar-refractivity contribution in [2.24, 2.45) is 4.99 Å². The minimum Gasteiger partial charge on any atom is -0.284 e. The van der Waals surface area contributed by atoms with Crippen molar-refractivity contribution in [3.05, 3.63) is 104 Å². The Balaban J connectivity index is 1.65. The number of hydrogen-bond acceptors (Lipinski definition) is 1. The van der Waals surface area contributed by atoms with Gasteiger partial charge >= 0.3 is 0 Å². The Labute approximate surface area is 174 Å². The Bertz CT molecular complexity index is 993. The van der Waals surface area contributed by atoms with Gasteiger partial charge in [0.05, 0.1) is 16.6 Å². The number of fused-ring (bicyclic) bond motifs is 1. The number of halogens is 3. The quantitative estimate of drug-likeness (QED) is 0.419. The van der Waals surface area contributed by atoms with Crippen molar-refractivity contribution in [3.8, 4) is 0 Å². The number of rotatable bonds is 3. The molecular weight excluding hydrogens is 397 g/mol. The smallest absolute Gasteiger partial charge is 0.0643 e. The van der Waals surface area contributed by atoms with Crippen molar-refractivity contribution in [1.82, 2.24) is 0 Å². The Morgan fingerprint density at radius 1 is 0.852 bits per heavy atom. The van der Waals surface area contributed by atoms with Crippen molar-refractivity contribution < 1.29 is 0 Å². The Kier molecular flexibility index (Phi) is 5.54. The normalized spacial score (nSPS) is 17.7. The van der Waals surface area contributed by atoms with E-state index in [0.29, 0.717) is 22.5 Å². The SMILES string of the molecule is Clc1ccc(CN=C2CCC(c3ccc(Cl)c(Cl)c3)c3ccccc32)cc1. The zero-order valence-corrected chi connectivity index (χ0v) is 16.9. The van der Waals surface area contributed by atoms with Crippen LogP contribution in [0.5, 0.6) is 0 Å². The van der Waals surface area contributed by atoms with Gasteiger partial charge in [-0.1, -0.05) is 77.3 Å². The summed E-state index contributed by atoms with van der Waals surface area (Å²) < 4.78 is 0. The highest BCUT2D eigenvalue weighted by Crippen LogP contribution is 2.38. The maximum Gasteiger partial charge on any atom is 0.0643 e. The lowest BCUT2D eigenvalue weighted by Crippen LogP contribution is -2.17. The van der Waals surface area contributed by atoms with Crippen LogP contribution in [-0.4, -0.2) is 5.71 Å². The van der Waals surface area contributed by atoms with E-state index in [1.54, 1.807) is 0 Å². The molecule has 0 aromatic heterocycles. The monoisotopic (exact) mass is 413 g/mol. The zero-order valence-electron chi connectivity index (χ0n) is 14.6. The van der Waals surface area contributed by atoms with E-state index < -0.39 is 0 Å². The maximum atomic E-state index is 6.25. The van der Waals surface area contributed by atoms with Crippen molar-refractivity contribution in [3.63, 3.8) is 0 Å². The first kappa shape index (κ1) is 18.6. The fourth-order valence-electron chi connectivity index (χ4n) is 3.65. The molecule has 0 aliphatic heterocycles. The average Bonchev–Trinajstić information content (AvgIpc) is 2.69. The van der Waals surface area contributed by atoms with E-state index in [9.17, 15) is 0 Å². The third kappa shape index (κ3) is 4.06. The molecule has 136 valence electrons. The summed E-state index contributed by atoms with van der Waals surface area (Å²) in [5, 5.41) is 1.95. The Morgan fingerprint density at radius 2 is 1.63 bits per heavy atom. The van der Waals surface area contributed by atoms with Crippen LogP contribution >= 0.6 is 34.8 Å². The molecule has 1 aliphatic rings. The van der Waals surface area contributed by atoms with Gasteiger partial charge < -0.3 is 0 Å². The molecule has 0 saturated heterocycles. The fourth-order valence-corrected chi connectivity index (χ4v) is 4.08. The highest BCUT2D eigenvalue weighted by atomic mass is 35.5. The molecule has 4 heteroatoms. The second-order valence-electron chi connectivity index (χ2n) is 6.74. The molecule has 0 fully saturated rings. The van der Waals surface area contributed by atoms with E-state index in [1.807, 2.05) is 36.4 Å². The summed E-state index contributed by atoms with van der Waals surface area (Å²) in [5.41, 5.74) is 6.06. The van der Waals surface area contributed by atoms with E-state index in [-0.39, 0.29) is 0 Å². The predicted octanol–water partition coefficient (Wildman–Crippen LogP) is 7.56.